The van der Waals surface area contributed by atoms with Crippen LogP contribution in [0.1, 0.15) is 37.3 Å². The molecule has 1 heterocycles. The Bertz CT molecular complexity index is 753. The number of carbonyl (C=O) groups excluding carboxylic acids is 1. The lowest BCUT2D eigenvalue weighted by Gasteiger charge is -2.38. The van der Waals surface area contributed by atoms with Gasteiger partial charge in [0.25, 0.3) is 6.47 Å². The number of anilines is 1. The molecule has 0 amide bonds. The van der Waals surface area contributed by atoms with E-state index in [4.69, 9.17) is 4.74 Å². The lowest BCUT2D eigenvalue weighted by Crippen LogP contribution is -2.46. The molecule has 1 aromatic rings. The zero-order valence-corrected chi connectivity index (χ0v) is 16.6. The quantitative estimate of drug-likeness (QED) is 0.649. The molecule has 0 aliphatic carbocycles. The fourth-order valence-corrected chi connectivity index (χ4v) is 4.75. The Balaban J connectivity index is 2.10. The van der Waals surface area contributed by atoms with E-state index in [1.807, 2.05) is 32.2 Å². The first kappa shape index (κ1) is 20.5. The molecule has 1 saturated heterocycles. The van der Waals surface area contributed by atoms with Gasteiger partial charge in [-0.2, -0.15) is 4.31 Å². The Hall–Kier alpha value is -1.86. The molecular formula is C19H28N2O4S. The minimum atomic E-state index is -3.39. The summed E-state index contributed by atoms with van der Waals surface area (Å²) in [5, 5.41) is 0. The molecule has 1 fully saturated rings. The third-order valence-corrected chi connectivity index (χ3v) is 7.06. The van der Waals surface area contributed by atoms with E-state index in [1.165, 1.54) is 4.31 Å². The van der Waals surface area contributed by atoms with Crippen LogP contribution in [0.5, 0.6) is 0 Å². The summed E-state index contributed by atoms with van der Waals surface area (Å²) in [6.45, 7) is 9.15. The van der Waals surface area contributed by atoms with E-state index < -0.39 is 10.0 Å². The number of piperidine rings is 1. The van der Waals surface area contributed by atoms with Gasteiger partial charge < -0.3 is 9.64 Å². The Kier molecular flexibility index (Phi) is 6.83. The predicted molar refractivity (Wildman–Crippen MR) is 103 cm³/mol. The predicted octanol–water partition coefficient (Wildman–Crippen LogP) is 2.82. The standard InChI is InChI=1S/C19H28N2O4S/c1-5-16(3)26(23,24)21-10-8-18(9-11-21)20(4)19-7-6-15(2)12-17(19)13-25-14-22/h6-7,12,14,18H,3,5,8-11,13H2,1-2,4H3. The van der Waals surface area contributed by atoms with Crippen LogP contribution in [0.3, 0.4) is 0 Å². The zero-order valence-electron chi connectivity index (χ0n) is 15.8. The summed E-state index contributed by atoms with van der Waals surface area (Å²) in [5.41, 5.74) is 3.07. The third-order valence-electron chi connectivity index (χ3n) is 4.99. The normalized spacial score (nSPS) is 16.3. The van der Waals surface area contributed by atoms with Crippen molar-refractivity contribution in [3.63, 3.8) is 0 Å². The maximum atomic E-state index is 12.4. The minimum Gasteiger partial charge on any atom is -0.463 e. The second kappa shape index (κ2) is 8.68. The Morgan fingerprint density at radius 3 is 2.62 bits per heavy atom. The van der Waals surface area contributed by atoms with Gasteiger partial charge in [0.1, 0.15) is 6.61 Å². The fourth-order valence-electron chi connectivity index (χ4n) is 3.33. The van der Waals surface area contributed by atoms with Crippen LogP contribution in [-0.4, -0.2) is 45.4 Å². The first-order chi connectivity index (χ1) is 12.3. The number of benzene rings is 1. The average molecular weight is 381 g/mol. The van der Waals surface area contributed by atoms with Crippen LogP contribution >= 0.6 is 0 Å². The molecule has 0 saturated carbocycles. The molecule has 0 spiro atoms. The van der Waals surface area contributed by atoms with E-state index >= 15 is 0 Å². The summed E-state index contributed by atoms with van der Waals surface area (Å²) in [4.78, 5) is 13.0. The number of rotatable bonds is 8. The SMILES string of the molecule is C=C(CC)S(=O)(=O)N1CCC(N(C)c2ccc(C)cc2COC=O)CC1. The summed E-state index contributed by atoms with van der Waals surface area (Å²) in [6, 6.07) is 6.30. The molecule has 7 heteroatoms. The molecule has 1 aliphatic rings. The minimum absolute atomic E-state index is 0.231. The fraction of sp³-hybridized carbons (Fsp3) is 0.526. The molecule has 0 N–H and O–H groups in total. The first-order valence-electron chi connectivity index (χ1n) is 8.86. The highest BCUT2D eigenvalue weighted by molar-refractivity contribution is 7.93. The highest BCUT2D eigenvalue weighted by Gasteiger charge is 2.31. The Morgan fingerprint density at radius 1 is 1.38 bits per heavy atom. The maximum Gasteiger partial charge on any atom is 0.293 e. The van der Waals surface area contributed by atoms with Crippen molar-refractivity contribution >= 4 is 22.2 Å². The van der Waals surface area contributed by atoms with Crippen molar-refractivity contribution < 1.29 is 17.9 Å². The van der Waals surface area contributed by atoms with Gasteiger partial charge in [0, 0.05) is 37.4 Å². The van der Waals surface area contributed by atoms with Crippen LogP contribution in [0.2, 0.25) is 0 Å². The van der Waals surface area contributed by atoms with Crippen molar-refractivity contribution in [3.8, 4) is 0 Å². The molecule has 1 aliphatic heterocycles. The number of carbonyl (C=O) groups is 1. The first-order valence-corrected chi connectivity index (χ1v) is 10.3. The summed E-state index contributed by atoms with van der Waals surface area (Å²) < 4.78 is 31.4. The van der Waals surface area contributed by atoms with Crippen LogP contribution in [0.15, 0.2) is 29.7 Å². The van der Waals surface area contributed by atoms with Gasteiger partial charge in [-0.3, -0.25) is 4.79 Å². The zero-order chi connectivity index (χ0) is 19.3. The van der Waals surface area contributed by atoms with E-state index in [0.29, 0.717) is 26.0 Å². The van der Waals surface area contributed by atoms with Crippen LogP contribution in [-0.2, 0) is 26.2 Å². The van der Waals surface area contributed by atoms with Crippen molar-refractivity contribution in [2.75, 3.05) is 25.0 Å². The van der Waals surface area contributed by atoms with E-state index in [9.17, 15) is 13.2 Å². The summed E-state index contributed by atoms with van der Waals surface area (Å²) in [7, 11) is -1.38. The van der Waals surface area contributed by atoms with Crippen LogP contribution in [0, 0.1) is 6.92 Å². The highest BCUT2D eigenvalue weighted by atomic mass is 32.2. The number of hydrogen-bond donors (Lipinski definition) is 0. The topological polar surface area (TPSA) is 66.9 Å². The molecule has 2 rings (SSSR count). The third kappa shape index (κ3) is 4.45. The van der Waals surface area contributed by atoms with Gasteiger partial charge in [0.15, 0.2) is 0 Å². The number of sulfonamides is 1. The lowest BCUT2D eigenvalue weighted by atomic mass is 10.0. The average Bonchev–Trinajstić information content (AvgIpc) is 2.65. The number of allylic oxidation sites excluding steroid dienone is 1. The highest BCUT2D eigenvalue weighted by Crippen LogP contribution is 2.28. The molecule has 1 aromatic carbocycles. The molecular weight excluding hydrogens is 352 g/mol. The second-order valence-electron chi connectivity index (χ2n) is 6.68. The smallest absolute Gasteiger partial charge is 0.293 e. The maximum absolute atomic E-state index is 12.4. The molecule has 0 bridgehead atoms. The number of nitrogens with zero attached hydrogens (tertiary/aromatic N) is 2. The molecule has 0 aromatic heterocycles. The van der Waals surface area contributed by atoms with Gasteiger partial charge in [-0.25, -0.2) is 8.42 Å². The number of ether oxygens (including phenoxy) is 1. The number of aryl methyl sites for hydroxylation is 1. The van der Waals surface area contributed by atoms with Crippen LogP contribution in [0.25, 0.3) is 0 Å². The molecule has 6 nitrogen and oxygen atoms in total. The lowest BCUT2D eigenvalue weighted by molar-refractivity contribution is -0.129. The number of hydrogen-bond acceptors (Lipinski definition) is 5. The molecule has 0 atom stereocenters. The van der Waals surface area contributed by atoms with Gasteiger partial charge in [0.2, 0.25) is 10.0 Å². The molecule has 0 unspecified atom stereocenters. The van der Waals surface area contributed by atoms with E-state index in [1.54, 1.807) is 6.92 Å². The van der Waals surface area contributed by atoms with Crippen LogP contribution in [0.4, 0.5) is 5.69 Å². The van der Waals surface area contributed by atoms with Gasteiger partial charge in [-0.15, -0.1) is 0 Å². The van der Waals surface area contributed by atoms with Crippen molar-refractivity contribution in [3.05, 3.63) is 40.8 Å². The van der Waals surface area contributed by atoms with Gasteiger partial charge in [0.05, 0.1) is 4.91 Å². The largest absolute Gasteiger partial charge is 0.463 e. The van der Waals surface area contributed by atoms with Crippen LogP contribution < -0.4 is 4.90 Å². The van der Waals surface area contributed by atoms with E-state index in [0.717, 1.165) is 29.7 Å². The summed E-state index contributed by atoms with van der Waals surface area (Å²) in [5.74, 6) is 0. The summed E-state index contributed by atoms with van der Waals surface area (Å²) >= 11 is 0. The second-order valence-corrected chi connectivity index (χ2v) is 8.72. The van der Waals surface area contributed by atoms with Crippen molar-refractivity contribution in [2.45, 2.75) is 45.8 Å². The van der Waals surface area contributed by atoms with Crippen molar-refractivity contribution in [1.82, 2.24) is 4.31 Å². The molecule has 144 valence electrons. The molecule has 0 radical (unpaired) electrons. The summed E-state index contributed by atoms with van der Waals surface area (Å²) in [6.07, 6.45) is 1.93. The van der Waals surface area contributed by atoms with Gasteiger partial charge in [-0.05, 0) is 32.3 Å². The Morgan fingerprint density at radius 2 is 2.04 bits per heavy atom. The van der Waals surface area contributed by atoms with E-state index in [-0.39, 0.29) is 17.6 Å². The van der Waals surface area contributed by atoms with Crippen molar-refractivity contribution in [1.29, 1.82) is 0 Å². The van der Waals surface area contributed by atoms with Crippen molar-refractivity contribution in [2.24, 2.45) is 0 Å². The monoisotopic (exact) mass is 380 g/mol. The van der Waals surface area contributed by atoms with Gasteiger partial charge in [-0.1, -0.05) is 31.2 Å². The van der Waals surface area contributed by atoms with E-state index in [2.05, 4.69) is 11.5 Å². The molecule has 26 heavy (non-hydrogen) atoms. The Labute approximate surface area is 156 Å². The van der Waals surface area contributed by atoms with Gasteiger partial charge >= 0.3 is 0 Å².